The van der Waals surface area contributed by atoms with Crippen LogP contribution in [0.15, 0.2) is 18.2 Å². The van der Waals surface area contributed by atoms with Crippen molar-refractivity contribution in [3.63, 3.8) is 0 Å². The van der Waals surface area contributed by atoms with Crippen molar-refractivity contribution >= 4 is 17.7 Å². The zero-order valence-corrected chi connectivity index (χ0v) is 15.1. The molecule has 2 aliphatic heterocycles. The maximum absolute atomic E-state index is 12.7. The summed E-state index contributed by atoms with van der Waals surface area (Å²) in [7, 11) is 0. The molecule has 2 heterocycles. The van der Waals surface area contributed by atoms with Gasteiger partial charge in [-0.3, -0.25) is 14.9 Å². The van der Waals surface area contributed by atoms with Crippen molar-refractivity contribution in [3.05, 3.63) is 34.9 Å². The highest BCUT2D eigenvalue weighted by molar-refractivity contribution is 8.01. The topological polar surface area (TPSA) is 74.4 Å². The van der Waals surface area contributed by atoms with E-state index >= 15 is 0 Å². The van der Waals surface area contributed by atoms with Crippen LogP contribution in [0.2, 0.25) is 0 Å². The van der Waals surface area contributed by atoms with Gasteiger partial charge in [-0.2, -0.15) is 5.48 Å². The molecule has 2 fully saturated rings. The first kappa shape index (κ1) is 18.1. The maximum Gasteiger partial charge on any atom is 0.279 e. The van der Waals surface area contributed by atoms with E-state index in [1.54, 1.807) is 11.8 Å². The van der Waals surface area contributed by atoms with Gasteiger partial charge < -0.3 is 10.6 Å². The summed E-state index contributed by atoms with van der Waals surface area (Å²) in [6.07, 6.45) is -2.65. The summed E-state index contributed by atoms with van der Waals surface area (Å²) >= 11 is 1.65. The Morgan fingerprint density at radius 2 is 2.27 bits per heavy atom. The van der Waals surface area contributed by atoms with Gasteiger partial charge in [-0.15, -0.1) is 11.8 Å². The van der Waals surface area contributed by atoms with Crippen LogP contribution < -0.4 is 21.4 Å². The fraction of sp³-hybridized carbons (Fsp3) is 0.588. The second-order valence-electron chi connectivity index (χ2n) is 6.82. The first-order chi connectivity index (χ1) is 12.5. The molecule has 0 saturated carbocycles. The Labute approximate surface area is 154 Å². The van der Waals surface area contributed by atoms with Gasteiger partial charge in [0.25, 0.3) is 6.43 Å². The molecule has 26 heavy (non-hydrogen) atoms. The Balaban J connectivity index is 1.41. The summed E-state index contributed by atoms with van der Waals surface area (Å²) in [4.78, 5) is 17.3. The molecule has 4 N–H and O–H groups in total. The van der Waals surface area contributed by atoms with Crippen LogP contribution in [-0.2, 0) is 16.1 Å². The number of aryl methyl sites for hydroxylation is 1. The van der Waals surface area contributed by atoms with Crippen molar-refractivity contribution in [1.29, 1.82) is 0 Å². The van der Waals surface area contributed by atoms with Crippen LogP contribution in [0.1, 0.15) is 42.2 Å². The molecule has 6 nitrogen and oxygen atoms in total. The van der Waals surface area contributed by atoms with E-state index in [1.807, 2.05) is 18.2 Å². The van der Waals surface area contributed by atoms with E-state index in [1.165, 1.54) is 0 Å². The van der Waals surface area contributed by atoms with Gasteiger partial charge >= 0.3 is 0 Å². The van der Waals surface area contributed by atoms with Crippen LogP contribution in [0.4, 0.5) is 8.78 Å². The lowest BCUT2D eigenvalue weighted by atomic mass is 10.0. The number of hydroxylamine groups is 1. The number of hydrogen-bond acceptors (Lipinski definition) is 6. The molecule has 3 aliphatic rings. The summed E-state index contributed by atoms with van der Waals surface area (Å²) in [5.74, 6) is 0.0704. The smallest absolute Gasteiger partial charge is 0.279 e. The van der Waals surface area contributed by atoms with E-state index in [0.29, 0.717) is 11.9 Å². The second-order valence-corrected chi connectivity index (χ2v) is 8.37. The molecule has 0 aromatic heterocycles. The Hall–Kier alpha value is -1.26. The standard InChI is InChI=1S/C17H22F2N4O2S/c1-8-20-7-13(26-8)16(24)21-12-5-3-9-6-10(2-4-11(9)12)15-22-17(14(18)19)25-23-15/h2,4,6,8,12-15,17,20,22-23H,3,5,7H2,1H3,(H,21,24)/t8?,12-,13?,15?,17?/m1/s1. The number of carbonyl (C=O) groups is 1. The largest absolute Gasteiger partial charge is 0.348 e. The zero-order chi connectivity index (χ0) is 18.3. The average molecular weight is 384 g/mol. The number of carbonyl (C=O) groups excluding carboxylic acids is 1. The van der Waals surface area contributed by atoms with Crippen molar-refractivity contribution in [2.45, 2.75) is 55.3 Å². The minimum Gasteiger partial charge on any atom is -0.348 e. The van der Waals surface area contributed by atoms with Crippen molar-refractivity contribution < 1.29 is 18.4 Å². The van der Waals surface area contributed by atoms with Gasteiger partial charge in [0, 0.05) is 6.54 Å². The van der Waals surface area contributed by atoms with Gasteiger partial charge in [0.2, 0.25) is 5.91 Å². The Morgan fingerprint density at radius 1 is 1.42 bits per heavy atom. The normalized spacial score (nSPS) is 33.6. The molecule has 0 bridgehead atoms. The van der Waals surface area contributed by atoms with Crippen molar-refractivity contribution in [3.8, 4) is 0 Å². The van der Waals surface area contributed by atoms with Gasteiger partial charge in [0.1, 0.15) is 6.17 Å². The molecular formula is C17H22F2N4O2S. The monoisotopic (exact) mass is 384 g/mol. The van der Waals surface area contributed by atoms with Crippen LogP contribution >= 0.6 is 11.8 Å². The third kappa shape index (κ3) is 3.59. The molecule has 9 heteroatoms. The molecule has 0 spiro atoms. The number of nitrogens with one attached hydrogen (secondary N) is 4. The van der Waals surface area contributed by atoms with E-state index in [0.717, 1.165) is 29.5 Å². The van der Waals surface area contributed by atoms with E-state index in [-0.39, 0.29) is 17.2 Å². The number of fused-ring (bicyclic) bond motifs is 1. The van der Waals surface area contributed by atoms with Gasteiger partial charge in [0.15, 0.2) is 6.23 Å². The number of amides is 1. The lowest BCUT2D eigenvalue weighted by Gasteiger charge is -2.18. The van der Waals surface area contributed by atoms with E-state index in [4.69, 9.17) is 4.84 Å². The third-order valence-electron chi connectivity index (χ3n) is 5.02. The molecule has 2 saturated heterocycles. The predicted octanol–water partition coefficient (Wildman–Crippen LogP) is 1.56. The number of hydrogen-bond donors (Lipinski definition) is 4. The van der Waals surface area contributed by atoms with Crippen LogP contribution in [-0.4, -0.2) is 35.7 Å². The number of thioether (sulfide) groups is 1. The molecule has 142 valence electrons. The van der Waals surface area contributed by atoms with Crippen LogP contribution in [0, 0.1) is 0 Å². The molecule has 1 aromatic carbocycles. The van der Waals surface area contributed by atoms with Crippen LogP contribution in [0.3, 0.4) is 0 Å². The summed E-state index contributed by atoms with van der Waals surface area (Å²) in [6, 6.07) is 5.87. The molecule has 1 aliphatic carbocycles. The quantitative estimate of drug-likeness (QED) is 0.631. The van der Waals surface area contributed by atoms with Gasteiger partial charge in [0.05, 0.1) is 16.7 Å². The molecule has 1 amide bonds. The van der Waals surface area contributed by atoms with E-state index in [9.17, 15) is 13.6 Å². The summed E-state index contributed by atoms with van der Waals surface area (Å²) in [5.41, 5.74) is 5.71. The Kier molecular flexibility index (Phi) is 5.15. The molecular weight excluding hydrogens is 362 g/mol. The molecule has 4 unspecified atom stereocenters. The summed E-state index contributed by atoms with van der Waals surface area (Å²) in [5, 5.41) is 9.39. The Bertz CT molecular complexity index is 693. The van der Waals surface area contributed by atoms with Crippen molar-refractivity contribution in [2.24, 2.45) is 0 Å². The average Bonchev–Trinajstić information content (AvgIpc) is 3.34. The second kappa shape index (κ2) is 7.40. The lowest BCUT2D eigenvalue weighted by molar-refractivity contribution is -0.121. The molecule has 5 atom stereocenters. The Morgan fingerprint density at radius 3 is 2.96 bits per heavy atom. The molecule has 0 radical (unpaired) electrons. The fourth-order valence-corrected chi connectivity index (χ4v) is 4.73. The summed E-state index contributed by atoms with van der Waals surface area (Å²) in [6.45, 7) is 2.75. The van der Waals surface area contributed by atoms with Crippen LogP contribution in [0.25, 0.3) is 0 Å². The van der Waals surface area contributed by atoms with Crippen molar-refractivity contribution in [2.75, 3.05) is 6.54 Å². The van der Waals surface area contributed by atoms with E-state index < -0.39 is 18.8 Å². The maximum atomic E-state index is 12.7. The van der Waals surface area contributed by atoms with Crippen LogP contribution in [0.5, 0.6) is 0 Å². The number of benzene rings is 1. The third-order valence-corrected chi connectivity index (χ3v) is 6.30. The number of rotatable bonds is 4. The van der Waals surface area contributed by atoms with Gasteiger partial charge in [-0.1, -0.05) is 18.2 Å². The lowest BCUT2D eigenvalue weighted by Crippen LogP contribution is -2.36. The highest BCUT2D eigenvalue weighted by atomic mass is 32.2. The highest BCUT2D eigenvalue weighted by Crippen LogP contribution is 2.34. The molecule has 4 rings (SSSR count). The summed E-state index contributed by atoms with van der Waals surface area (Å²) < 4.78 is 25.4. The van der Waals surface area contributed by atoms with Crippen molar-refractivity contribution in [1.82, 2.24) is 21.4 Å². The number of alkyl halides is 2. The minimum atomic E-state index is -2.59. The SMILES string of the molecule is CC1NCC(C(=O)N[C@@H]2CCc3cc(C4NOC(C(F)F)N4)ccc32)S1. The van der Waals surface area contributed by atoms with Gasteiger partial charge in [-0.05, 0) is 36.5 Å². The van der Waals surface area contributed by atoms with E-state index in [2.05, 4.69) is 28.4 Å². The first-order valence-electron chi connectivity index (χ1n) is 8.78. The van der Waals surface area contributed by atoms with Gasteiger partial charge in [-0.25, -0.2) is 8.78 Å². The number of halogens is 2. The first-order valence-corrected chi connectivity index (χ1v) is 9.73. The zero-order valence-electron chi connectivity index (χ0n) is 14.3. The predicted molar refractivity (Wildman–Crippen MR) is 94.4 cm³/mol. The highest BCUT2D eigenvalue weighted by Gasteiger charge is 2.34. The minimum absolute atomic E-state index is 0.0117. The fourth-order valence-electron chi connectivity index (χ4n) is 3.66. The molecule has 1 aromatic rings.